The maximum absolute atomic E-state index is 14.6. The van der Waals surface area contributed by atoms with E-state index >= 15 is 0 Å². The first kappa shape index (κ1) is 18.6. The fourth-order valence-corrected chi connectivity index (χ4v) is 3.69. The number of benzene rings is 1. The van der Waals surface area contributed by atoms with Gasteiger partial charge in [-0.05, 0) is 43.2 Å². The summed E-state index contributed by atoms with van der Waals surface area (Å²) in [4.78, 5) is 13.3. The number of hydrogen-bond donors (Lipinski definition) is 1. The van der Waals surface area contributed by atoms with Gasteiger partial charge in [0.2, 0.25) is 0 Å². The first-order chi connectivity index (χ1) is 14.7. The lowest BCUT2D eigenvalue weighted by atomic mass is 10.1. The number of halogens is 2. The summed E-state index contributed by atoms with van der Waals surface area (Å²) in [6, 6.07) is 9.35. The molecule has 0 saturated carbocycles. The van der Waals surface area contributed by atoms with Crippen LogP contribution in [0.1, 0.15) is 12.8 Å². The number of anilines is 1. The Morgan fingerprint density at radius 1 is 1.03 bits per heavy atom. The molecule has 0 unspecified atom stereocenters. The summed E-state index contributed by atoms with van der Waals surface area (Å²) in [5.41, 5.74) is 2.20. The zero-order chi connectivity index (χ0) is 20.5. The van der Waals surface area contributed by atoms with Crippen LogP contribution in [-0.2, 0) is 4.74 Å². The fourth-order valence-electron chi connectivity index (χ4n) is 3.69. The SMILES string of the molecule is Fc1ccc(-n2c(-c3ccc(NC4CCOCC4)nc3)nc3ccncc32)c(F)c1. The summed E-state index contributed by atoms with van der Waals surface area (Å²) < 4.78 is 35.1. The van der Waals surface area contributed by atoms with Gasteiger partial charge in [0.15, 0.2) is 0 Å². The molecule has 1 aliphatic heterocycles. The molecule has 0 atom stereocenters. The molecule has 1 fully saturated rings. The number of nitrogens with zero attached hydrogens (tertiary/aromatic N) is 4. The molecule has 1 aliphatic rings. The van der Waals surface area contributed by atoms with Gasteiger partial charge in [0.1, 0.15) is 23.3 Å². The third kappa shape index (κ3) is 3.50. The van der Waals surface area contributed by atoms with E-state index in [0.29, 0.717) is 28.5 Å². The number of imidazole rings is 1. The molecule has 4 heterocycles. The van der Waals surface area contributed by atoms with Crippen LogP contribution in [0.2, 0.25) is 0 Å². The molecule has 0 bridgehead atoms. The lowest BCUT2D eigenvalue weighted by molar-refractivity contribution is 0.0904. The predicted molar refractivity (Wildman–Crippen MR) is 109 cm³/mol. The molecule has 1 N–H and O–H groups in total. The Labute approximate surface area is 171 Å². The molecule has 152 valence electrons. The quantitative estimate of drug-likeness (QED) is 0.545. The van der Waals surface area contributed by atoms with Gasteiger partial charge >= 0.3 is 0 Å². The average molecular weight is 407 g/mol. The van der Waals surface area contributed by atoms with Crippen molar-refractivity contribution in [2.75, 3.05) is 18.5 Å². The Hall–Kier alpha value is -3.39. The lowest BCUT2D eigenvalue weighted by Gasteiger charge is -2.23. The van der Waals surface area contributed by atoms with Crippen LogP contribution in [-0.4, -0.2) is 38.8 Å². The van der Waals surface area contributed by atoms with Crippen molar-refractivity contribution in [2.24, 2.45) is 0 Å². The normalized spacial score (nSPS) is 14.9. The van der Waals surface area contributed by atoms with Crippen LogP contribution in [0.15, 0.2) is 55.0 Å². The molecule has 0 amide bonds. The maximum atomic E-state index is 14.6. The van der Waals surface area contributed by atoms with E-state index in [0.717, 1.165) is 37.9 Å². The molecule has 0 aliphatic carbocycles. The van der Waals surface area contributed by atoms with Gasteiger partial charge in [0.05, 0.1) is 22.9 Å². The summed E-state index contributed by atoms with van der Waals surface area (Å²) >= 11 is 0. The van der Waals surface area contributed by atoms with Crippen molar-refractivity contribution in [3.05, 3.63) is 66.6 Å². The first-order valence-corrected chi connectivity index (χ1v) is 9.77. The minimum atomic E-state index is -0.676. The van der Waals surface area contributed by atoms with Crippen molar-refractivity contribution in [1.82, 2.24) is 19.5 Å². The number of ether oxygens (including phenoxy) is 1. The first-order valence-electron chi connectivity index (χ1n) is 9.77. The topological polar surface area (TPSA) is 64.9 Å². The number of aromatic nitrogens is 4. The van der Waals surface area contributed by atoms with Crippen LogP contribution in [0.3, 0.4) is 0 Å². The molecule has 5 rings (SSSR count). The second kappa shape index (κ2) is 7.79. The van der Waals surface area contributed by atoms with Gasteiger partial charge in [-0.1, -0.05) is 0 Å². The highest BCUT2D eigenvalue weighted by Crippen LogP contribution is 2.30. The lowest BCUT2D eigenvalue weighted by Crippen LogP contribution is -2.28. The van der Waals surface area contributed by atoms with Gasteiger partial charge in [0.25, 0.3) is 0 Å². The van der Waals surface area contributed by atoms with Crippen LogP contribution >= 0.6 is 0 Å². The summed E-state index contributed by atoms with van der Waals surface area (Å²) in [6.07, 6.45) is 6.83. The Balaban J connectivity index is 1.55. The second-order valence-electron chi connectivity index (χ2n) is 7.19. The number of rotatable bonds is 4. The third-order valence-corrected chi connectivity index (χ3v) is 5.20. The van der Waals surface area contributed by atoms with Crippen molar-refractivity contribution in [2.45, 2.75) is 18.9 Å². The highest BCUT2D eigenvalue weighted by molar-refractivity contribution is 5.82. The van der Waals surface area contributed by atoms with Crippen LogP contribution in [0.5, 0.6) is 0 Å². The minimum absolute atomic E-state index is 0.200. The summed E-state index contributed by atoms with van der Waals surface area (Å²) in [5, 5.41) is 3.42. The van der Waals surface area contributed by atoms with Crippen LogP contribution in [0.4, 0.5) is 14.6 Å². The number of nitrogens with one attached hydrogen (secondary N) is 1. The molecule has 0 radical (unpaired) electrons. The van der Waals surface area contributed by atoms with E-state index < -0.39 is 11.6 Å². The monoisotopic (exact) mass is 407 g/mol. The average Bonchev–Trinajstić information content (AvgIpc) is 3.14. The predicted octanol–water partition coefficient (Wildman–Crippen LogP) is 4.35. The van der Waals surface area contributed by atoms with E-state index in [9.17, 15) is 8.78 Å². The number of hydrogen-bond acceptors (Lipinski definition) is 5. The van der Waals surface area contributed by atoms with Gasteiger partial charge in [-0.25, -0.2) is 18.7 Å². The second-order valence-corrected chi connectivity index (χ2v) is 7.19. The van der Waals surface area contributed by atoms with Crippen molar-refractivity contribution in [1.29, 1.82) is 0 Å². The third-order valence-electron chi connectivity index (χ3n) is 5.20. The molecular formula is C22H19F2N5O. The maximum Gasteiger partial charge on any atom is 0.150 e. The fraction of sp³-hybridized carbons (Fsp3) is 0.227. The van der Waals surface area contributed by atoms with Gasteiger partial charge in [-0.3, -0.25) is 9.55 Å². The van der Waals surface area contributed by atoms with E-state index in [1.54, 1.807) is 29.2 Å². The molecule has 4 aromatic rings. The van der Waals surface area contributed by atoms with Crippen molar-refractivity contribution in [3.63, 3.8) is 0 Å². The smallest absolute Gasteiger partial charge is 0.150 e. The molecule has 1 aromatic carbocycles. The summed E-state index contributed by atoms with van der Waals surface area (Å²) in [7, 11) is 0. The molecule has 6 nitrogen and oxygen atoms in total. The molecular weight excluding hydrogens is 388 g/mol. The Morgan fingerprint density at radius 2 is 1.90 bits per heavy atom. The van der Waals surface area contributed by atoms with Crippen molar-refractivity contribution >= 4 is 16.9 Å². The highest BCUT2D eigenvalue weighted by Gasteiger charge is 2.18. The van der Waals surface area contributed by atoms with Gasteiger partial charge < -0.3 is 10.1 Å². The summed E-state index contributed by atoms with van der Waals surface area (Å²) in [6.45, 7) is 1.49. The summed E-state index contributed by atoms with van der Waals surface area (Å²) in [5.74, 6) is -0.0349. The van der Waals surface area contributed by atoms with Gasteiger partial charge in [0, 0.05) is 43.3 Å². The van der Waals surface area contributed by atoms with Crippen molar-refractivity contribution < 1.29 is 13.5 Å². The van der Waals surface area contributed by atoms with Gasteiger partial charge in [-0.15, -0.1) is 0 Å². The Kier molecular flexibility index (Phi) is 4.84. The largest absolute Gasteiger partial charge is 0.381 e. The van der Waals surface area contributed by atoms with E-state index in [1.165, 1.54) is 12.1 Å². The van der Waals surface area contributed by atoms with Crippen LogP contribution in [0.25, 0.3) is 28.1 Å². The zero-order valence-electron chi connectivity index (χ0n) is 16.1. The van der Waals surface area contributed by atoms with E-state index in [1.807, 2.05) is 12.1 Å². The Bertz CT molecular complexity index is 1190. The van der Waals surface area contributed by atoms with E-state index in [4.69, 9.17) is 4.74 Å². The molecule has 1 saturated heterocycles. The van der Waals surface area contributed by atoms with Crippen LogP contribution in [0, 0.1) is 11.6 Å². The Morgan fingerprint density at radius 3 is 2.67 bits per heavy atom. The number of pyridine rings is 2. The molecule has 30 heavy (non-hydrogen) atoms. The van der Waals surface area contributed by atoms with Crippen molar-refractivity contribution in [3.8, 4) is 17.1 Å². The van der Waals surface area contributed by atoms with E-state index in [2.05, 4.69) is 20.3 Å². The van der Waals surface area contributed by atoms with Gasteiger partial charge in [-0.2, -0.15) is 0 Å². The van der Waals surface area contributed by atoms with E-state index in [-0.39, 0.29) is 5.69 Å². The standard InChI is InChI=1S/C22H19F2N5O/c23-15-2-3-19(17(24)11-15)29-20-13-25-8-5-18(20)28-22(29)14-1-4-21(26-12-14)27-16-6-9-30-10-7-16/h1-5,8,11-13,16H,6-7,9-10H2,(H,26,27). The van der Waals surface area contributed by atoms with Crippen LogP contribution < -0.4 is 5.32 Å². The molecule has 0 spiro atoms. The number of fused-ring (bicyclic) bond motifs is 1. The molecule has 3 aromatic heterocycles. The zero-order valence-corrected chi connectivity index (χ0v) is 16.1. The minimum Gasteiger partial charge on any atom is -0.381 e. The highest BCUT2D eigenvalue weighted by atomic mass is 19.1. The molecule has 8 heteroatoms.